The Morgan fingerprint density at radius 1 is 0.218 bits per heavy atom. The van der Waals surface area contributed by atoms with Gasteiger partial charge in [0.2, 0.25) is 0 Å². The molecule has 0 aromatic heterocycles. The Balaban J connectivity index is 0.739. The van der Waals surface area contributed by atoms with E-state index in [-0.39, 0.29) is 12.2 Å². The van der Waals surface area contributed by atoms with E-state index < -0.39 is 0 Å². The third-order valence-corrected chi connectivity index (χ3v) is 14.3. The Bertz CT molecular complexity index is 3600. The lowest BCUT2D eigenvalue weighted by Crippen LogP contribution is -2.14. The molecular formula is C72H58O6. The lowest BCUT2D eigenvalue weighted by molar-refractivity contribution is 0.0275. The molecule has 0 fully saturated rings. The zero-order valence-electron chi connectivity index (χ0n) is 43.3. The van der Waals surface area contributed by atoms with E-state index in [1.165, 1.54) is 0 Å². The minimum Gasteiger partial charge on any atom is -0.491 e. The highest BCUT2D eigenvalue weighted by atomic mass is 16.6. The zero-order valence-corrected chi connectivity index (χ0v) is 43.3. The zero-order chi connectivity index (χ0) is 52.3. The lowest BCUT2D eigenvalue weighted by atomic mass is 9.92. The molecule has 0 saturated carbocycles. The number of rotatable bonds is 21. The van der Waals surface area contributed by atoms with Gasteiger partial charge in [0, 0.05) is 22.3 Å². The average molecular weight is 1020 g/mol. The number of ether oxygens (including phenoxy) is 6. The minimum atomic E-state index is -0.340. The third kappa shape index (κ3) is 10.8. The molecule has 0 amide bonds. The summed E-state index contributed by atoms with van der Waals surface area (Å²) in [7, 11) is 0. The van der Waals surface area contributed by atoms with Crippen LogP contribution in [-0.4, -0.2) is 39.6 Å². The van der Waals surface area contributed by atoms with Crippen molar-refractivity contribution in [3.63, 3.8) is 0 Å². The number of hydrogen-bond acceptors (Lipinski definition) is 6. The smallest absolute Gasteiger partial charge is 0.149 e. The maximum Gasteiger partial charge on any atom is 0.149 e. The molecule has 0 spiro atoms. The molecule has 6 nitrogen and oxygen atoms in total. The first-order chi connectivity index (χ1) is 38.7. The second-order valence-electron chi connectivity index (χ2n) is 19.2. The van der Waals surface area contributed by atoms with Crippen LogP contribution in [0.1, 0.15) is 34.5 Å². The van der Waals surface area contributed by atoms with Gasteiger partial charge in [0.1, 0.15) is 48.4 Å². The van der Waals surface area contributed by atoms with Gasteiger partial charge in [-0.05, 0) is 89.6 Å². The molecule has 0 aliphatic carbocycles. The van der Waals surface area contributed by atoms with E-state index >= 15 is 0 Å². The summed E-state index contributed by atoms with van der Waals surface area (Å²) < 4.78 is 40.1. The summed E-state index contributed by atoms with van der Waals surface area (Å²) in [5.41, 5.74) is 8.19. The Hall–Kier alpha value is -9.20. The van der Waals surface area contributed by atoms with Crippen LogP contribution in [0.5, 0.6) is 23.0 Å². The molecule has 0 unspecified atom stereocenters. The highest BCUT2D eigenvalue weighted by Crippen LogP contribution is 2.49. The van der Waals surface area contributed by atoms with Gasteiger partial charge in [-0.2, -0.15) is 0 Å². The molecule has 0 aliphatic rings. The number of benzene rings is 12. The van der Waals surface area contributed by atoms with Gasteiger partial charge in [0.15, 0.2) is 0 Å². The number of hydrogen-bond donors (Lipinski definition) is 0. The molecule has 78 heavy (non-hydrogen) atoms. The molecule has 0 N–H and O–H groups in total. The SMILES string of the molecule is c1ccc(C(Oc2ccc3ccccc3c2-c2c(OCCOCCOCCOc3ccc4ccccc4c3-c3c(OC(c4ccccc4)c4ccccc4)ccc4ccccc34)ccc3ccccc23)c2ccccc2)cc1. The van der Waals surface area contributed by atoms with E-state index in [1.54, 1.807) is 0 Å². The summed E-state index contributed by atoms with van der Waals surface area (Å²) in [4.78, 5) is 0. The van der Waals surface area contributed by atoms with Gasteiger partial charge < -0.3 is 28.4 Å². The van der Waals surface area contributed by atoms with E-state index in [4.69, 9.17) is 28.4 Å². The van der Waals surface area contributed by atoms with E-state index in [2.05, 4.69) is 243 Å². The van der Waals surface area contributed by atoms with E-state index in [9.17, 15) is 0 Å². The van der Waals surface area contributed by atoms with Crippen LogP contribution in [-0.2, 0) is 9.47 Å². The molecular weight excluding hydrogens is 961 g/mol. The Labute approximate surface area is 455 Å². The summed E-state index contributed by atoms with van der Waals surface area (Å²) in [5.74, 6) is 3.05. The Kier molecular flexibility index (Phi) is 15.1. The fraction of sp³-hybridized carbons (Fsp3) is 0.111. The first kappa shape index (κ1) is 49.7. The third-order valence-electron chi connectivity index (χ3n) is 14.3. The van der Waals surface area contributed by atoms with Crippen LogP contribution in [0, 0.1) is 0 Å². The van der Waals surface area contributed by atoms with Gasteiger partial charge in [-0.1, -0.05) is 243 Å². The summed E-state index contributed by atoms with van der Waals surface area (Å²) >= 11 is 0. The fourth-order valence-electron chi connectivity index (χ4n) is 10.6. The van der Waals surface area contributed by atoms with Crippen LogP contribution in [0.3, 0.4) is 0 Å². The standard InChI is InChI=1S/C72H58O6/c1-5-25-55(26-6-1)71(56-27-7-2-8-28-56)77-65-43-39-53-23-15-19-35-61(53)69(65)67-59-33-17-13-21-51(59)37-41-63(67)75-49-47-73-45-46-74-48-50-76-64-42-38-52-22-14-18-34-60(52)68(64)70-62-36-20-16-24-54(62)40-44-66(70)78-72(57-29-9-3-10-30-57)58-31-11-4-12-32-58/h1-44,71-72H,45-50H2. The highest BCUT2D eigenvalue weighted by Gasteiger charge is 2.25. The monoisotopic (exact) mass is 1020 g/mol. The van der Waals surface area contributed by atoms with E-state index in [0.717, 1.165) is 111 Å². The van der Waals surface area contributed by atoms with Gasteiger partial charge in [-0.3, -0.25) is 0 Å². The average Bonchev–Trinajstić information content (AvgIpc) is 3.62. The van der Waals surface area contributed by atoms with Crippen molar-refractivity contribution in [2.45, 2.75) is 12.2 Å². The molecule has 0 atom stereocenters. The van der Waals surface area contributed by atoms with Crippen LogP contribution in [0.15, 0.2) is 267 Å². The first-order valence-corrected chi connectivity index (χ1v) is 26.8. The maximum atomic E-state index is 7.20. The van der Waals surface area contributed by atoms with Crippen LogP contribution in [0.25, 0.3) is 65.3 Å². The summed E-state index contributed by atoms with van der Waals surface area (Å²) in [6.07, 6.45) is -0.681. The molecule has 0 saturated heterocycles. The Morgan fingerprint density at radius 2 is 0.462 bits per heavy atom. The van der Waals surface area contributed by atoms with Crippen molar-refractivity contribution < 1.29 is 28.4 Å². The van der Waals surface area contributed by atoms with Gasteiger partial charge >= 0.3 is 0 Å². The van der Waals surface area contributed by atoms with Crippen LogP contribution < -0.4 is 18.9 Å². The normalized spacial score (nSPS) is 11.5. The molecule has 12 aromatic rings. The molecule has 382 valence electrons. The fourth-order valence-corrected chi connectivity index (χ4v) is 10.6. The van der Waals surface area contributed by atoms with Crippen LogP contribution in [0.2, 0.25) is 0 Å². The van der Waals surface area contributed by atoms with Crippen molar-refractivity contribution in [3.05, 3.63) is 289 Å². The summed E-state index contributed by atoms with van der Waals surface area (Å²) in [6, 6.07) is 92.4. The van der Waals surface area contributed by atoms with Gasteiger partial charge in [0.25, 0.3) is 0 Å². The van der Waals surface area contributed by atoms with Crippen molar-refractivity contribution in [2.24, 2.45) is 0 Å². The van der Waals surface area contributed by atoms with Crippen LogP contribution in [0.4, 0.5) is 0 Å². The highest BCUT2D eigenvalue weighted by molar-refractivity contribution is 6.11. The molecule has 0 aliphatic heterocycles. The van der Waals surface area contributed by atoms with Gasteiger partial charge in [0.05, 0.1) is 26.4 Å². The van der Waals surface area contributed by atoms with Crippen molar-refractivity contribution in [3.8, 4) is 45.3 Å². The Morgan fingerprint density at radius 3 is 0.769 bits per heavy atom. The quantitative estimate of drug-likeness (QED) is 0.0669. The van der Waals surface area contributed by atoms with Gasteiger partial charge in [-0.25, -0.2) is 0 Å². The second kappa shape index (κ2) is 23.8. The van der Waals surface area contributed by atoms with Crippen molar-refractivity contribution >= 4 is 43.1 Å². The van der Waals surface area contributed by atoms with Crippen molar-refractivity contribution in [1.82, 2.24) is 0 Å². The van der Waals surface area contributed by atoms with Crippen molar-refractivity contribution in [1.29, 1.82) is 0 Å². The predicted octanol–water partition coefficient (Wildman–Crippen LogP) is 17.5. The second-order valence-corrected chi connectivity index (χ2v) is 19.2. The number of fused-ring (bicyclic) bond motifs is 4. The summed E-state index contributed by atoms with van der Waals surface area (Å²) in [5, 5.41) is 8.75. The first-order valence-electron chi connectivity index (χ1n) is 26.8. The molecule has 0 radical (unpaired) electrons. The molecule has 0 heterocycles. The lowest BCUT2D eigenvalue weighted by Gasteiger charge is -2.24. The van der Waals surface area contributed by atoms with Crippen LogP contribution >= 0.6 is 0 Å². The molecule has 6 heteroatoms. The van der Waals surface area contributed by atoms with E-state index in [0.29, 0.717) is 39.6 Å². The minimum absolute atomic E-state index is 0.340. The van der Waals surface area contributed by atoms with Crippen molar-refractivity contribution in [2.75, 3.05) is 39.6 Å². The molecule has 0 bridgehead atoms. The summed E-state index contributed by atoms with van der Waals surface area (Å²) in [6.45, 7) is 2.23. The molecule has 12 aromatic carbocycles. The van der Waals surface area contributed by atoms with Gasteiger partial charge in [-0.15, -0.1) is 0 Å². The topological polar surface area (TPSA) is 55.4 Å². The molecule has 12 rings (SSSR count). The predicted molar refractivity (Wildman–Crippen MR) is 317 cm³/mol. The van der Waals surface area contributed by atoms with E-state index in [1.807, 2.05) is 24.3 Å². The largest absolute Gasteiger partial charge is 0.491 e. The maximum absolute atomic E-state index is 7.20.